The molecule has 0 aliphatic carbocycles. The van der Waals surface area contributed by atoms with Gasteiger partial charge in [-0.2, -0.15) is 5.10 Å². The SMILES string of the molecule is C[C@@H](NC(=O)c1cn(-c2ccccc2)nc1-c1cccnc1)c1ccc(Cl)cc1. The highest BCUT2D eigenvalue weighted by Gasteiger charge is 2.20. The van der Waals surface area contributed by atoms with Gasteiger partial charge in [-0.15, -0.1) is 0 Å². The largest absolute Gasteiger partial charge is 0.345 e. The molecule has 1 N–H and O–H groups in total. The number of amides is 1. The summed E-state index contributed by atoms with van der Waals surface area (Å²) >= 11 is 5.96. The summed E-state index contributed by atoms with van der Waals surface area (Å²) in [6.45, 7) is 1.94. The highest BCUT2D eigenvalue weighted by atomic mass is 35.5. The van der Waals surface area contributed by atoms with E-state index in [1.165, 1.54) is 0 Å². The molecule has 1 atom stereocenters. The van der Waals surface area contributed by atoms with E-state index in [9.17, 15) is 4.79 Å². The third-order valence-electron chi connectivity index (χ3n) is 4.63. The van der Waals surface area contributed by atoms with Crippen LogP contribution in [-0.4, -0.2) is 20.7 Å². The average Bonchev–Trinajstić information content (AvgIpc) is 3.21. The number of hydrogen-bond acceptors (Lipinski definition) is 3. The van der Waals surface area contributed by atoms with Crippen molar-refractivity contribution in [1.29, 1.82) is 0 Å². The number of para-hydroxylation sites is 1. The zero-order valence-corrected chi connectivity index (χ0v) is 16.5. The fourth-order valence-electron chi connectivity index (χ4n) is 3.08. The Kier molecular flexibility index (Phi) is 5.40. The van der Waals surface area contributed by atoms with Crippen LogP contribution in [0.25, 0.3) is 16.9 Å². The molecule has 144 valence electrons. The van der Waals surface area contributed by atoms with Gasteiger partial charge in [0.05, 0.1) is 17.3 Å². The number of rotatable bonds is 5. The van der Waals surface area contributed by atoms with Gasteiger partial charge in [-0.1, -0.05) is 41.9 Å². The summed E-state index contributed by atoms with van der Waals surface area (Å²) in [5.74, 6) is -0.200. The van der Waals surface area contributed by atoms with E-state index in [1.807, 2.05) is 73.7 Å². The molecule has 0 saturated carbocycles. The summed E-state index contributed by atoms with van der Waals surface area (Å²) < 4.78 is 1.71. The van der Waals surface area contributed by atoms with Crippen molar-refractivity contribution in [3.63, 3.8) is 0 Å². The lowest BCUT2D eigenvalue weighted by molar-refractivity contribution is 0.0940. The van der Waals surface area contributed by atoms with Gasteiger partial charge >= 0.3 is 0 Å². The summed E-state index contributed by atoms with van der Waals surface area (Å²) in [7, 11) is 0. The van der Waals surface area contributed by atoms with Gasteiger partial charge in [0.1, 0.15) is 5.69 Å². The van der Waals surface area contributed by atoms with E-state index in [1.54, 1.807) is 23.3 Å². The monoisotopic (exact) mass is 402 g/mol. The third kappa shape index (κ3) is 4.20. The Morgan fingerprint density at radius 1 is 1.03 bits per heavy atom. The van der Waals surface area contributed by atoms with Gasteiger partial charge in [-0.3, -0.25) is 9.78 Å². The minimum absolute atomic E-state index is 0.179. The van der Waals surface area contributed by atoms with Crippen LogP contribution in [0.4, 0.5) is 0 Å². The number of hydrogen-bond donors (Lipinski definition) is 1. The number of carbonyl (C=O) groups is 1. The van der Waals surface area contributed by atoms with E-state index in [0.717, 1.165) is 16.8 Å². The Bertz CT molecular complexity index is 1110. The lowest BCUT2D eigenvalue weighted by Gasteiger charge is -2.14. The van der Waals surface area contributed by atoms with E-state index >= 15 is 0 Å². The molecule has 0 aliphatic rings. The lowest BCUT2D eigenvalue weighted by Crippen LogP contribution is -2.26. The molecule has 2 heterocycles. The van der Waals surface area contributed by atoms with Crippen LogP contribution < -0.4 is 5.32 Å². The molecule has 0 saturated heterocycles. The average molecular weight is 403 g/mol. The van der Waals surface area contributed by atoms with Gasteiger partial charge in [-0.25, -0.2) is 4.68 Å². The second-order valence-corrected chi connectivity index (χ2v) is 7.10. The van der Waals surface area contributed by atoms with Crippen molar-refractivity contribution in [1.82, 2.24) is 20.1 Å². The van der Waals surface area contributed by atoms with Crippen molar-refractivity contribution in [2.24, 2.45) is 0 Å². The maximum atomic E-state index is 13.1. The summed E-state index contributed by atoms with van der Waals surface area (Å²) in [4.78, 5) is 17.3. The molecule has 4 aromatic rings. The van der Waals surface area contributed by atoms with Gasteiger partial charge in [0.15, 0.2) is 0 Å². The van der Waals surface area contributed by atoms with Crippen LogP contribution in [0.2, 0.25) is 5.02 Å². The number of benzene rings is 2. The molecular formula is C23H19ClN4O. The van der Waals surface area contributed by atoms with Crippen molar-refractivity contribution in [3.05, 3.63) is 101 Å². The van der Waals surface area contributed by atoms with Crippen LogP contribution >= 0.6 is 11.6 Å². The van der Waals surface area contributed by atoms with Crippen molar-refractivity contribution in [3.8, 4) is 16.9 Å². The summed E-state index contributed by atoms with van der Waals surface area (Å²) in [5, 5.41) is 8.38. The second-order valence-electron chi connectivity index (χ2n) is 6.66. The molecule has 0 aliphatic heterocycles. The van der Waals surface area contributed by atoms with Crippen LogP contribution in [0.15, 0.2) is 85.3 Å². The predicted octanol–water partition coefficient (Wildman–Crippen LogP) is 5.08. The van der Waals surface area contributed by atoms with Crippen LogP contribution in [0.3, 0.4) is 0 Å². The van der Waals surface area contributed by atoms with E-state index in [-0.39, 0.29) is 11.9 Å². The highest BCUT2D eigenvalue weighted by Crippen LogP contribution is 2.24. The van der Waals surface area contributed by atoms with Gasteiger partial charge in [0.2, 0.25) is 0 Å². The van der Waals surface area contributed by atoms with Crippen molar-refractivity contribution < 1.29 is 4.79 Å². The third-order valence-corrected chi connectivity index (χ3v) is 4.88. The van der Waals surface area contributed by atoms with Crippen LogP contribution in [0.5, 0.6) is 0 Å². The predicted molar refractivity (Wildman–Crippen MR) is 114 cm³/mol. The first-order valence-corrected chi connectivity index (χ1v) is 9.61. The summed E-state index contributed by atoms with van der Waals surface area (Å²) in [6.07, 6.45) is 5.15. The maximum absolute atomic E-state index is 13.1. The number of aromatic nitrogens is 3. The van der Waals surface area contributed by atoms with E-state index in [2.05, 4.69) is 15.4 Å². The van der Waals surface area contributed by atoms with Crippen LogP contribution in [0, 0.1) is 0 Å². The molecule has 0 fully saturated rings. The molecular weight excluding hydrogens is 384 g/mol. The fraction of sp³-hybridized carbons (Fsp3) is 0.0870. The minimum atomic E-state index is -0.200. The molecule has 0 bridgehead atoms. The molecule has 1 amide bonds. The maximum Gasteiger partial charge on any atom is 0.255 e. The van der Waals surface area contributed by atoms with Gasteiger partial charge in [-0.05, 0) is 48.9 Å². The molecule has 0 radical (unpaired) electrons. The van der Waals surface area contributed by atoms with E-state index < -0.39 is 0 Å². The number of halogens is 1. The molecule has 4 rings (SSSR count). The molecule has 0 spiro atoms. The zero-order valence-electron chi connectivity index (χ0n) is 15.8. The Morgan fingerprint density at radius 2 is 1.79 bits per heavy atom. The molecule has 2 aromatic heterocycles. The minimum Gasteiger partial charge on any atom is -0.345 e. The number of pyridine rings is 1. The zero-order chi connectivity index (χ0) is 20.2. The van der Waals surface area contributed by atoms with Gasteiger partial charge < -0.3 is 5.32 Å². The molecule has 5 nitrogen and oxygen atoms in total. The van der Waals surface area contributed by atoms with Crippen LogP contribution in [0.1, 0.15) is 28.9 Å². The van der Waals surface area contributed by atoms with Gasteiger partial charge in [0, 0.05) is 29.2 Å². The standard InChI is InChI=1S/C23H19ClN4O/c1-16(17-9-11-19(24)12-10-17)26-23(29)21-15-28(20-7-3-2-4-8-20)27-22(21)18-6-5-13-25-14-18/h2-16H,1H3,(H,26,29)/t16-/m1/s1. The molecule has 0 unspecified atom stereocenters. The first kappa shape index (κ1) is 18.9. The summed E-state index contributed by atoms with van der Waals surface area (Å²) in [6, 6.07) is 20.7. The fourth-order valence-corrected chi connectivity index (χ4v) is 3.20. The Balaban J connectivity index is 1.68. The number of carbonyl (C=O) groups excluding carboxylic acids is 1. The van der Waals surface area contributed by atoms with Gasteiger partial charge in [0.25, 0.3) is 5.91 Å². The van der Waals surface area contributed by atoms with E-state index in [4.69, 9.17) is 11.6 Å². The molecule has 2 aromatic carbocycles. The Morgan fingerprint density at radius 3 is 2.48 bits per heavy atom. The second kappa shape index (κ2) is 8.29. The van der Waals surface area contributed by atoms with Crippen molar-refractivity contribution in [2.75, 3.05) is 0 Å². The first-order chi connectivity index (χ1) is 14.1. The normalized spacial score (nSPS) is 11.8. The van der Waals surface area contributed by atoms with Crippen molar-refractivity contribution >= 4 is 17.5 Å². The van der Waals surface area contributed by atoms with E-state index in [0.29, 0.717) is 16.3 Å². The number of nitrogens with zero attached hydrogens (tertiary/aromatic N) is 3. The van der Waals surface area contributed by atoms with Crippen molar-refractivity contribution in [2.45, 2.75) is 13.0 Å². The molecule has 29 heavy (non-hydrogen) atoms. The smallest absolute Gasteiger partial charge is 0.255 e. The Labute approximate surface area is 174 Å². The number of nitrogens with one attached hydrogen (secondary N) is 1. The first-order valence-electron chi connectivity index (χ1n) is 9.23. The van der Waals surface area contributed by atoms with Crippen LogP contribution in [-0.2, 0) is 0 Å². The topological polar surface area (TPSA) is 59.8 Å². The Hall–Kier alpha value is -3.44. The highest BCUT2D eigenvalue weighted by molar-refractivity contribution is 6.30. The lowest BCUT2D eigenvalue weighted by atomic mass is 10.1. The summed E-state index contributed by atoms with van der Waals surface area (Å²) in [5.41, 5.74) is 3.71. The molecule has 6 heteroatoms. The quantitative estimate of drug-likeness (QED) is 0.506.